The molecule has 1 N–H and O–H groups in total. The van der Waals surface area contributed by atoms with Crippen molar-refractivity contribution in [2.45, 2.75) is 64.6 Å². The Balaban J connectivity index is 1.48. The van der Waals surface area contributed by atoms with Gasteiger partial charge in [-0.3, -0.25) is 9.59 Å². The normalized spacial score (nSPS) is 26.6. The summed E-state index contributed by atoms with van der Waals surface area (Å²) in [6.07, 6.45) is 3.91. The van der Waals surface area contributed by atoms with Crippen molar-refractivity contribution in [3.05, 3.63) is 64.9 Å². The Hall–Kier alpha value is -2.86. The van der Waals surface area contributed by atoms with Crippen LogP contribution in [-0.2, 0) is 17.8 Å². The molecule has 3 aromatic rings. The largest absolute Gasteiger partial charge is 0.351 e. The number of carbonyl (C=O) groups excluding carboxylic acids is 2. The Labute approximate surface area is 211 Å². The summed E-state index contributed by atoms with van der Waals surface area (Å²) < 4.78 is 1.92. The zero-order chi connectivity index (χ0) is 24.7. The highest BCUT2D eigenvalue weighted by Crippen LogP contribution is 2.33. The number of imidazole rings is 1. The number of aromatic nitrogens is 2. The van der Waals surface area contributed by atoms with Crippen LogP contribution in [0.25, 0.3) is 11.0 Å². The van der Waals surface area contributed by atoms with E-state index >= 15 is 0 Å². The first-order valence-electron chi connectivity index (χ1n) is 12.6. The lowest BCUT2D eigenvalue weighted by Gasteiger charge is -2.45. The Bertz CT molecular complexity index is 1250. The van der Waals surface area contributed by atoms with Crippen molar-refractivity contribution < 1.29 is 9.59 Å². The lowest BCUT2D eigenvalue weighted by atomic mass is 9.77. The predicted octanol–water partition coefficient (Wildman–Crippen LogP) is 5.09. The van der Waals surface area contributed by atoms with E-state index in [9.17, 15) is 9.59 Å². The van der Waals surface area contributed by atoms with Crippen molar-refractivity contribution >= 4 is 34.4 Å². The fraction of sp³-hybridized carbons (Fsp3) is 0.464. The fourth-order valence-electron chi connectivity index (χ4n) is 5.68. The van der Waals surface area contributed by atoms with Gasteiger partial charge in [-0.25, -0.2) is 4.98 Å². The van der Waals surface area contributed by atoms with E-state index in [0.717, 1.165) is 29.4 Å². The molecule has 0 bridgehead atoms. The summed E-state index contributed by atoms with van der Waals surface area (Å²) in [6, 6.07) is 15.5. The minimum atomic E-state index is -1.03. The van der Waals surface area contributed by atoms with Crippen LogP contribution in [-0.4, -0.2) is 44.4 Å². The number of hydrogen-bond acceptors (Lipinski definition) is 3. The van der Waals surface area contributed by atoms with E-state index < -0.39 is 5.54 Å². The maximum Gasteiger partial charge on any atom is 0.290 e. The summed E-state index contributed by atoms with van der Waals surface area (Å²) in [5, 5.41) is 4.03. The Morgan fingerprint density at radius 2 is 1.89 bits per heavy atom. The molecule has 5 rings (SSSR count). The molecular weight excluding hydrogens is 460 g/mol. The number of nitrogens with one attached hydrogen (secondary N) is 1. The average Bonchev–Trinajstić information content (AvgIpc) is 3.21. The molecule has 1 aromatic heterocycles. The van der Waals surface area contributed by atoms with E-state index in [1.165, 1.54) is 6.42 Å². The van der Waals surface area contributed by atoms with E-state index in [2.05, 4.69) is 24.1 Å². The molecule has 7 heteroatoms. The number of benzene rings is 2. The molecule has 0 spiro atoms. The van der Waals surface area contributed by atoms with Crippen molar-refractivity contribution in [1.29, 1.82) is 0 Å². The van der Waals surface area contributed by atoms with Crippen LogP contribution in [0.3, 0.4) is 0 Å². The molecule has 0 saturated heterocycles. The van der Waals surface area contributed by atoms with Gasteiger partial charge in [0.25, 0.3) is 5.91 Å². The highest BCUT2D eigenvalue weighted by Gasteiger charge is 2.49. The number of fused-ring (bicyclic) bond motifs is 3. The molecule has 1 aliphatic carbocycles. The zero-order valence-corrected chi connectivity index (χ0v) is 21.4. The van der Waals surface area contributed by atoms with Crippen LogP contribution in [0.4, 0.5) is 0 Å². The number of halogens is 1. The number of rotatable bonds is 5. The summed E-state index contributed by atoms with van der Waals surface area (Å²) in [5.41, 5.74) is 1.69. The van der Waals surface area contributed by atoms with Crippen LogP contribution in [0.5, 0.6) is 0 Å². The van der Waals surface area contributed by atoms with Crippen molar-refractivity contribution in [1.82, 2.24) is 19.8 Å². The molecule has 35 heavy (non-hydrogen) atoms. The summed E-state index contributed by atoms with van der Waals surface area (Å²) >= 11 is 6.05. The Kier molecular flexibility index (Phi) is 6.34. The van der Waals surface area contributed by atoms with E-state index in [1.807, 2.05) is 60.0 Å². The number of amides is 2. The molecule has 1 aliphatic heterocycles. The number of nitrogens with zero attached hydrogens (tertiary/aromatic N) is 3. The molecule has 184 valence electrons. The van der Waals surface area contributed by atoms with Gasteiger partial charge in [-0.05, 0) is 61.4 Å². The first-order chi connectivity index (χ1) is 16.8. The third-order valence-electron chi connectivity index (χ3n) is 8.20. The van der Waals surface area contributed by atoms with Crippen LogP contribution in [0.1, 0.15) is 56.2 Å². The number of para-hydroxylation sites is 2. The van der Waals surface area contributed by atoms with Crippen molar-refractivity contribution in [3.8, 4) is 0 Å². The van der Waals surface area contributed by atoms with E-state index in [1.54, 1.807) is 4.90 Å². The summed E-state index contributed by atoms with van der Waals surface area (Å²) in [7, 11) is 0. The SMILES string of the molecule is CC1CCCC(NC(=O)C2(C)Cn3c(nc4ccccc43)C(=O)N2CCc2ccc(Cl)cc2)C1C. The lowest BCUT2D eigenvalue weighted by molar-refractivity contribution is -0.134. The molecule has 2 amide bonds. The minimum absolute atomic E-state index is 0.0867. The van der Waals surface area contributed by atoms with Crippen LogP contribution in [0.15, 0.2) is 48.5 Å². The van der Waals surface area contributed by atoms with Gasteiger partial charge in [-0.15, -0.1) is 0 Å². The third kappa shape index (κ3) is 4.33. The number of carbonyl (C=O) groups is 2. The summed E-state index contributed by atoms with van der Waals surface area (Å²) in [4.78, 5) is 34.2. The van der Waals surface area contributed by atoms with E-state index in [-0.39, 0.29) is 17.9 Å². The number of hydrogen-bond donors (Lipinski definition) is 1. The van der Waals surface area contributed by atoms with Crippen LogP contribution < -0.4 is 5.32 Å². The molecule has 6 nitrogen and oxygen atoms in total. The molecule has 4 atom stereocenters. The molecule has 0 radical (unpaired) electrons. The van der Waals surface area contributed by atoms with Gasteiger partial charge in [-0.1, -0.05) is 62.6 Å². The second-order valence-corrected chi connectivity index (χ2v) is 10.9. The molecule has 4 unspecified atom stereocenters. The van der Waals surface area contributed by atoms with Gasteiger partial charge in [0.2, 0.25) is 5.91 Å². The van der Waals surface area contributed by atoms with Gasteiger partial charge in [0.15, 0.2) is 5.82 Å². The van der Waals surface area contributed by atoms with Gasteiger partial charge in [-0.2, -0.15) is 0 Å². The predicted molar refractivity (Wildman–Crippen MR) is 138 cm³/mol. The second kappa shape index (κ2) is 9.30. The standard InChI is InChI=1S/C28H33ClN4O2/c1-18-7-6-9-22(19(18)2)31-27(35)28(3)17-32-24-10-5-4-8-23(24)30-25(32)26(34)33(28)16-15-20-11-13-21(29)14-12-20/h4-5,8,10-14,18-19,22H,6-7,9,15-17H2,1-3H3,(H,31,35). The first-order valence-corrected chi connectivity index (χ1v) is 13.0. The third-order valence-corrected chi connectivity index (χ3v) is 8.45. The van der Waals surface area contributed by atoms with Gasteiger partial charge in [0, 0.05) is 17.6 Å². The van der Waals surface area contributed by atoms with Crippen molar-refractivity contribution in [3.63, 3.8) is 0 Å². The fourth-order valence-corrected chi connectivity index (χ4v) is 5.81. The maximum absolute atomic E-state index is 14.0. The summed E-state index contributed by atoms with van der Waals surface area (Å²) in [5.74, 6) is 1.08. The molecule has 2 aromatic carbocycles. The van der Waals surface area contributed by atoms with E-state index in [0.29, 0.717) is 42.2 Å². The molecule has 1 saturated carbocycles. The highest BCUT2D eigenvalue weighted by molar-refractivity contribution is 6.30. The van der Waals surface area contributed by atoms with Crippen molar-refractivity contribution in [2.24, 2.45) is 11.8 Å². The molecular formula is C28H33ClN4O2. The Morgan fingerprint density at radius 1 is 1.14 bits per heavy atom. The van der Waals surface area contributed by atoms with Gasteiger partial charge in [0.05, 0.1) is 17.6 Å². The van der Waals surface area contributed by atoms with Gasteiger partial charge in [0.1, 0.15) is 5.54 Å². The topological polar surface area (TPSA) is 67.2 Å². The van der Waals surface area contributed by atoms with Gasteiger partial charge < -0.3 is 14.8 Å². The maximum atomic E-state index is 14.0. The quantitative estimate of drug-likeness (QED) is 0.539. The molecule has 2 heterocycles. The van der Waals surface area contributed by atoms with Crippen LogP contribution in [0.2, 0.25) is 5.02 Å². The molecule has 1 fully saturated rings. The Morgan fingerprint density at radius 3 is 2.66 bits per heavy atom. The lowest BCUT2D eigenvalue weighted by Crippen LogP contribution is -2.66. The monoisotopic (exact) mass is 492 g/mol. The second-order valence-electron chi connectivity index (χ2n) is 10.5. The van der Waals surface area contributed by atoms with Crippen LogP contribution in [0, 0.1) is 11.8 Å². The minimum Gasteiger partial charge on any atom is -0.351 e. The zero-order valence-electron chi connectivity index (χ0n) is 20.6. The summed E-state index contributed by atoms with van der Waals surface area (Å²) in [6.45, 7) is 7.18. The van der Waals surface area contributed by atoms with Gasteiger partial charge >= 0.3 is 0 Å². The highest BCUT2D eigenvalue weighted by atomic mass is 35.5. The van der Waals surface area contributed by atoms with Crippen LogP contribution >= 0.6 is 11.6 Å². The molecule has 2 aliphatic rings. The average molecular weight is 493 g/mol. The van der Waals surface area contributed by atoms with E-state index in [4.69, 9.17) is 11.6 Å². The smallest absolute Gasteiger partial charge is 0.290 e. The van der Waals surface area contributed by atoms with Crippen molar-refractivity contribution in [2.75, 3.05) is 6.54 Å². The first kappa shape index (κ1) is 23.9.